The van der Waals surface area contributed by atoms with Crippen molar-refractivity contribution in [2.24, 2.45) is 0 Å². The number of aromatic hydroxyl groups is 1. The van der Waals surface area contributed by atoms with Crippen molar-refractivity contribution in [1.29, 1.82) is 10.5 Å². The lowest BCUT2D eigenvalue weighted by Crippen LogP contribution is -2.33. The number of ether oxygens (including phenoxy) is 3. The summed E-state index contributed by atoms with van der Waals surface area (Å²) in [6.07, 6.45) is 8.88. The van der Waals surface area contributed by atoms with E-state index in [-0.39, 0.29) is 83.3 Å². The van der Waals surface area contributed by atoms with Crippen molar-refractivity contribution < 1.29 is 48.1 Å². The van der Waals surface area contributed by atoms with E-state index in [9.17, 15) is 39.1 Å². The zero-order chi connectivity index (χ0) is 91.4. The molecule has 130 heavy (non-hydrogen) atoms. The van der Waals surface area contributed by atoms with Gasteiger partial charge in [0.1, 0.15) is 13.2 Å². The number of unbranched alkanes of at least 4 members (excludes halogenated alkanes) is 2. The molecule has 0 saturated carbocycles. The smallest absolute Gasteiger partial charge is 0.261 e. The molecule has 29 nitrogen and oxygen atoms in total. The number of amides is 6. The standard InChI is InChI=1S/C31H24N6O3.C21H17ClN4O3.C13H15NO2.C12H12ClN3O.C11H10ClN3O.C10H8N2/c1-20-16-25-22(17-32)10-7-13-26(25)37(20)31-34-19-27(28(35-31)33-18-21-8-3-2-4-9-21)40-15-14-36-29(38)23-11-5-6-12-24(23)30(36)39;22-21-24-13-17(18(25-21)23-12-14-6-2-1-3-7-14)29-11-10-26-19(27)15-8-4-5-9-16(15)20(26)28;1-2-3-6-9-14-12(15)10-7-4-5-8-11(10)13(14)16;1-17-10-8-15-12(13)16-11(10)14-7-9-5-3-2-4-6-9;12-11-14-7-9(16)10(15-11)13-6-8-4-2-1-3-5-8;1-7-5-9-8(6-11)3-2-4-10(9)12-7/h2-13,16,19H,14-15,18H2,1H3,(H,33,34,35);1-9,13H,10-12H2,(H,23,24,25);4-5,7-8H,2-3,6,9H2,1H3;2-6,8H,7H2,1H3,(H,14,15,16);1-5,7,16H,6H2,(H,13,14,15);2-5,12H,1H3. The molecule has 0 atom stereocenters. The molecule has 654 valence electrons. The minimum absolute atomic E-state index is 0.0136. The van der Waals surface area contributed by atoms with E-state index in [4.69, 9.17) is 59.3 Å². The number of anilines is 4. The summed E-state index contributed by atoms with van der Waals surface area (Å²) in [6.45, 7) is 9.21. The van der Waals surface area contributed by atoms with Gasteiger partial charge >= 0.3 is 0 Å². The van der Waals surface area contributed by atoms with E-state index in [1.54, 1.807) is 98.4 Å². The lowest BCUT2D eigenvalue weighted by Gasteiger charge is -2.17. The number of aromatic amines is 1. The van der Waals surface area contributed by atoms with Crippen LogP contribution in [0.15, 0.2) is 267 Å². The van der Waals surface area contributed by atoms with Gasteiger partial charge < -0.3 is 45.6 Å². The van der Waals surface area contributed by atoms with Crippen molar-refractivity contribution in [3.63, 3.8) is 0 Å². The van der Waals surface area contributed by atoms with Crippen LogP contribution in [0.3, 0.4) is 0 Å². The third-order valence-corrected chi connectivity index (χ3v) is 20.9. The lowest BCUT2D eigenvalue weighted by atomic mass is 10.1. The van der Waals surface area contributed by atoms with Crippen LogP contribution in [0.25, 0.3) is 27.8 Å². The Morgan fingerprint density at radius 1 is 0.408 bits per heavy atom. The van der Waals surface area contributed by atoms with Gasteiger partial charge in [-0.25, -0.2) is 19.9 Å². The molecule has 0 radical (unpaired) electrons. The first-order valence-corrected chi connectivity index (χ1v) is 42.3. The quantitative estimate of drug-likeness (QED) is 0.0167. The summed E-state index contributed by atoms with van der Waals surface area (Å²) in [5.41, 5.74) is 12.2. The van der Waals surface area contributed by atoms with Crippen LogP contribution in [-0.4, -0.2) is 145 Å². The van der Waals surface area contributed by atoms with E-state index in [2.05, 4.69) is 80.2 Å². The number of rotatable bonds is 26. The van der Waals surface area contributed by atoms with E-state index in [1.807, 2.05) is 182 Å². The number of hydrogen-bond acceptors (Lipinski definition) is 24. The van der Waals surface area contributed by atoms with Gasteiger partial charge in [-0.05, 0) is 150 Å². The van der Waals surface area contributed by atoms with Gasteiger partial charge in [0.05, 0.1) is 107 Å². The van der Waals surface area contributed by atoms with Crippen molar-refractivity contribution in [2.45, 2.75) is 66.2 Å². The monoisotopic (exact) mass is 1790 g/mol. The average molecular weight is 1800 g/mol. The predicted octanol–water partition coefficient (Wildman–Crippen LogP) is 18.3. The molecule has 6 aromatic heterocycles. The van der Waals surface area contributed by atoms with Gasteiger partial charge in [-0.2, -0.15) is 30.5 Å². The van der Waals surface area contributed by atoms with Crippen LogP contribution in [-0.2, 0) is 26.2 Å². The molecule has 6 amide bonds. The molecule has 6 N–H and O–H groups in total. The van der Waals surface area contributed by atoms with Gasteiger partial charge in [0.2, 0.25) is 21.8 Å². The molecule has 0 fully saturated rings. The number of hydrogen-bond donors (Lipinski definition) is 6. The number of halogens is 3. The Labute approximate surface area is 763 Å². The predicted molar refractivity (Wildman–Crippen MR) is 496 cm³/mol. The second-order valence-electron chi connectivity index (χ2n) is 29.1. The Bertz CT molecular complexity index is 6540. The summed E-state index contributed by atoms with van der Waals surface area (Å²) in [5, 5.41) is 42.7. The molecular formula is C98H86Cl3N19O10. The van der Waals surface area contributed by atoms with Crippen LogP contribution in [0, 0.1) is 36.5 Å². The summed E-state index contributed by atoms with van der Waals surface area (Å²) >= 11 is 17.3. The number of nitrogens with zero attached hydrogens (tertiary/aromatic N) is 14. The minimum atomic E-state index is -0.329. The summed E-state index contributed by atoms with van der Waals surface area (Å²) < 4.78 is 18.8. The molecule has 0 bridgehead atoms. The number of carbonyl (C=O) groups excluding carboxylic acids is 6. The highest BCUT2D eigenvalue weighted by Gasteiger charge is 2.37. The molecule has 15 aromatic rings. The highest BCUT2D eigenvalue weighted by Crippen LogP contribution is 2.33. The molecule has 9 aromatic carbocycles. The fourth-order valence-corrected chi connectivity index (χ4v) is 14.4. The maximum Gasteiger partial charge on any atom is 0.261 e. The molecule has 3 aliphatic rings. The fraction of sp³-hybridized carbons (Fsp3) is 0.163. The highest BCUT2D eigenvalue weighted by molar-refractivity contribution is 6.29. The Hall–Kier alpha value is -16.0. The summed E-state index contributed by atoms with van der Waals surface area (Å²) in [6, 6.07) is 79.7. The van der Waals surface area contributed by atoms with Gasteiger partial charge in [-0.3, -0.25) is 48.0 Å². The van der Waals surface area contributed by atoms with Crippen LogP contribution in [0.2, 0.25) is 15.9 Å². The Balaban J connectivity index is 0.000000140. The first-order chi connectivity index (χ1) is 63.3. The van der Waals surface area contributed by atoms with Crippen molar-refractivity contribution >= 4 is 115 Å². The Morgan fingerprint density at radius 3 is 1.19 bits per heavy atom. The number of imide groups is 3. The molecule has 0 unspecified atom stereocenters. The number of carbonyl (C=O) groups is 6. The number of fused-ring (bicyclic) bond motifs is 5. The van der Waals surface area contributed by atoms with E-state index >= 15 is 0 Å². The highest BCUT2D eigenvalue weighted by atomic mass is 35.5. The molecule has 3 aliphatic heterocycles. The number of aromatic nitrogens is 10. The summed E-state index contributed by atoms with van der Waals surface area (Å²) in [4.78, 5) is 114. The van der Waals surface area contributed by atoms with Crippen LogP contribution in [0.4, 0.5) is 23.3 Å². The molecule has 0 saturated heterocycles. The van der Waals surface area contributed by atoms with Crippen molar-refractivity contribution in [1.82, 2.24) is 64.1 Å². The first-order valence-electron chi connectivity index (χ1n) is 41.2. The zero-order valence-electron chi connectivity index (χ0n) is 70.9. The third-order valence-electron chi connectivity index (χ3n) is 20.4. The Morgan fingerprint density at radius 2 is 0.769 bits per heavy atom. The van der Waals surface area contributed by atoms with E-state index < -0.39 is 0 Å². The van der Waals surface area contributed by atoms with E-state index in [0.717, 1.165) is 80.3 Å². The number of benzene rings is 9. The molecular weight excluding hydrogens is 1710 g/mol. The number of aryl methyl sites for hydroxylation is 2. The maximum absolute atomic E-state index is 12.7. The number of H-pyrrole nitrogens is 1. The molecule has 9 heterocycles. The molecule has 0 spiro atoms. The minimum Gasteiger partial charge on any atom is -0.503 e. The van der Waals surface area contributed by atoms with Gasteiger partial charge in [0.25, 0.3) is 35.4 Å². The Kier molecular flexibility index (Phi) is 31.6. The largest absolute Gasteiger partial charge is 0.503 e. The number of nitriles is 2. The SMILES string of the molecule is CCCCCN1C(=O)c2ccccc2C1=O.COc1cnc(Cl)nc1NCc1ccccc1.Cc1cc2c(C#N)cccc2[nH]1.Cc1cc2c(C#N)cccc2n1-c1ncc(OCCN2C(=O)c3ccccc3C2=O)c(NCc2ccccc2)n1.O=C1c2ccccc2C(=O)N1CCOc1cnc(Cl)nc1NCc1ccccc1.Oc1cnc(Cl)nc1NCc1ccccc1. The van der Waals surface area contributed by atoms with E-state index in [0.29, 0.717) is 118 Å². The van der Waals surface area contributed by atoms with Gasteiger partial charge in [0.15, 0.2) is 46.3 Å². The molecule has 18 rings (SSSR count). The lowest BCUT2D eigenvalue weighted by molar-refractivity contribution is 0.0617. The molecule has 32 heteroatoms. The molecule has 0 aliphatic carbocycles. The van der Waals surface area contributed by atoms with Crippen molar-refractivity contribution in [3.8, 4) is 41.1 Å². The normalized spacial score (nSPS) is 11.9. The van der Waals surface area contributed by atoms with Crippen LogP contribution in [0.5, 0.6) is 23.0 Å². The van der Waals surface area contributed by atoms with Gasteiger partial charge in [0, 0.05) is 60.4 Å². The van der Waals surface area contributed by atoms with Crippen LogP contribution in [0.1, 0.15) is 133 Å². The van der Waals surface area contributed by atoms with Crippen molar-refractivity contribution in [2.75, 3.05) is 61.2 Å². The summed E-state index contributed by atoms with van der Waals surface area (Å²) in [7, 11) is 1.57. The third kappa shape index (κ3) is 23.2. The summed E-state index contributed by atoms with van der Waals surface area (Å²) in [5.74, 6) is 2.03. The second-order valence-corrected chi connectivity index (χ2v) is 30.2. The topological polar surface area (TPSA) is 380 Å². The van der Waals surface area contributed by atoms with Gasteiger partial charge in [-0.15, -0.1) is 0 Å². The van der Waals surface area contributed by atoms with Crippen molar-refractivity contribution in [3.05, 3.63) is 361 Å². The van der Waals surface area contributed by atoms with Crippen LogP contribution >= 0.6 is 34.8 Å². The first kappa shape index (κ1) is 91.7. The number of nitrogens with one attached hydrogen (secondary N) is 5. The maximum atomic E-state index is 12.7. The average Bonchev–Trinajstić information content (AvgIpc) is 1.63. The zero-order valence-corrected chi connectivity index (χ0v) is 73.2. The van der Waals surface area contributed by atoms with E-state index in [1.165, 1.54) is 27.1 Å². The van der Waals surface area contributed by atoms with Crippen LogP contribution < -0.4 is 35.5 Å². The fourth-order valence-electron chi connectivity index (χ4n) is 14.0. The van der Waals surface area contributed by atoms with Gasteiger partial charge in [-0.1, -0.05) is 190 Å². The second kappa shape index (κ2) is 44.8. The number of methoxy groups -OCH3 is 1.